The molecular weight excluding hydrogens is 240 g/mol. The topological polar surface area (TPSA) is 43.4 Å². The summed E-state index contributed by atoms with van der Waals surface area (Å²) < 4.78 is 4.77. The number of ketones is 1. The average Bonchev–Trinajstić information content (AvgIpc) is 2.46. The Morgan fingerprint density at radius 1 is 0.947 bits per heavy atom. The van der Waals surface area contributed by atoms with E-state index < -0.39 is 0 Å². The van der Waals surface area contributed by atoms with Gasteiger partial charge in [-0.2, -0.15) is 0 Å². The molecule has 0 aliphatic rings. The molecule has 0 N–H and O–H groups in total. The maximum absolute atomic E-state index is 11.7. The summed E-state index contributed by atoms with van der Waals surface area (Å²) in [6.45, 7) is 1.53. The quantitative estimate of drug-likeness (QED) is 0.623. The van der Waals surface area contributed by atoms with E-state index in [1.165, 1.54) is 14.0 Å². The molecular formula is C16H14O3. The molecule has 2 rings (SSSR count). The van der Waals surface area contributed by atoms with Crippen LogP contribution in [0.2, 0.25) is 0 Å². The van der Waals surface area contributed by atoms with Crippen LogP contribution in [0.5, 0.6) is 0 Å². The van der Waals surface area contributed by atoms with Crippen LogP contribution in [0.3, 0.4) is 0 Å². The fraction of sp³-hybridized carbons (Fsp3) is 0.125. The summed E-state index contributed by atoms with van der Waals surface area (Å²) in [4.78, 5) is 22.9. The van der Waals surface area contributed by atoms with Crippen molar-refractivity contribution in [2.24, 2.45) is 0 Å². The Labute approximate surface area is 111 Å². The molecule has 2 aromatic carbocycles. The third kappa shape index (κ3) is 2.71. The minimum absolute atomic E-state index is 0.0211. The van der Waals surface area contributed by atoms with Gasteiger partial charge >= 0.3 is 5.97 Å². The molecule has 0 unspecified atom stereocenters. The van der Waals surface area contributed by atoms with Gasteiger partial charge in [0.25, 0.3) is 0 Å². The van der Waals surface area contributed by atoms with Crippen LogP contribution in [-0.4, -0.2) is 18.9 Å². The Kier molecular flexibility index (Phi) is 3.76. The zero-order valence-corrected chi connectivity index (χ0v) is 10.8. The van der Waals surface area contributed by atoms with Gasteiger partial charge in [0.2, 0.25) is 0 Å². The van der Waals surface area contributed by atoms with Gasteiger partial charge in [0.1, 0.15) is 0 Å². The highest BCUT2D eigenvalue weighted by Gasteiger charge is 2.12. The summed E-state index contributed by atoms with van der Waals surface area (Å²) in [7, 11) is 1.36. The molecule has 0 aromatic heterocycles. The first-order valence-corrected chi connectivity index (χ1v) is 5.92. The van der Waals surface area contributed by atoms with Gasteiger partial charge < -0.3 is 4.74 Å². The maximum Gasteiger partial charge on any atom is 0.338 e. The van der Waals surface area contributed by atoms with Crippen LogP contribution in [0.15, 0.2) is 48.5 Å². The maximum atomic E-state index is 11.7. The molecule has 3 heteroatoms. The normalized spacial score (nSPS) is 10.0. The van der Waals surface area contributed by atoms with Gasteiger partial charge in [0.05, 0.1) is 12.7 Å². The number of carbonyl (C=O) groups is 2. The van der Waals surface area contributed by atoms with Gasteiger partial charge in [-0.3, -0.25) is 4.79 Å². The van der Waals surface area contributed by atoms with Crippen molar-refractivity contribution in [1.29, 1.82) is 0 Å². The molecule has 2 aromatic rings. The van der Waals surface area contributed by atoms with Gasteiger partial charge in [-0.1, -0.05) is 42.5 Å². The number of hydrogen-bond acceptors (Lipinski definition) is 3. The molecule has 0 fully saturated rings. The Bertz CT molecular complexity index is 612. The van der Waals surface area contributed by atoms with Crippen molar-refractivity contribution in [2.45, 2.75) is 6.92 Å². The minimum atomic E-state index is -0.369. The van der Waals surface area contributed by atoms with Crippen molar-refractivity contribution in [3.05, 3.63) is 59.7 Å². The molecule has 19 heavy (non-hydrogen) atoms. The smallest absolute Gasteiger partial charge is 0.338 e. The van der Waals surface area contributed by atoms with Crippen molar-refractivity contribution >= 4 is 11.8 Å². The molecule has 96 valence electrons. The van der Waals surface area contributed by atoms with Crippen LogP contribution in [0.1, 0.15) is 27.6 Å². The lowest BCUT2D eigenvalue weighted by molar-refractivity contribution is 0.0601. The third-order valence-electron chi connectivity index (χ3n) is 2.93. The van der Waals surface area contributed by atoms with E-state index in [4.69, 9.17) is 4.74 Å². The van der Waals surface area contributed by atoms with E-state index >= 15 is 0 Å². The van der Waals surface area contributed by atoms with Gasteiger partial charge in [0.15, 0.2) is 5.78 Å². The molecule has 0 bridgehead atoms. The molecule has 0 spiro atoms. The van der Waals surface area contributed by atoms with Crippen molar-refractivity contribution in [3.8, 4) is 11.1 Å². The van der Waals surface area contributed by atoms with Crippen molar-refractivity contribution in [2.75, 3.05) is 7.11 Å². The standard InChI is InChI=1S/C16H14O3/c1-11(17)12-7-9-13(10-8-12)14-5-3-4-6-15(14)16(18)19-2/h3-10H,1-2H3. The number of rotatable bonds is 3. The Morgan fingerprint density at radius 2 is 1.58 bits per heavy atom. The lowest BCUT2D eigenvalue weighted by atomic mass is 9.98. The van der Waals surface area contributed by atoms with E-state index in [9.17, 15) is 9.59 Å². The first-order chi connectivity index (χ1) is 9.13. The molecule has 0 radical (unpaired) electrons. The second-order valence-corrected chi connectivity index (χ2v) is 4.17. The number of Topliss-reactive ketones (excluding diaryl/α,β-unsaturated/α-hetero) is 1. The van der Waals surface area contributed by atoms with Crippen LogP contribution in [0.4, 0.5) is 0 Å². The second-order valence-electron chi connectivity index (χ2n) is 4.17. The van der Waals surface area contributed by atoms with Crippen LogP contribution in [0, 0.1) is 0 Å². The van der Waals surface area contributed by atoms with Crippen LogP contribution < -0.4 is 0 Å². The summed E-state index contributed by atoms with van der Waals surface area (Å²) in [5, 5.41) is 0. The van der Waals surface area contributed by atoms with E-state index in [1.54, 1.807) is 24.3 Å². The van der Waals surface area contributed by atoms with Crippen LogP contribution in [-0.2, 0) is 4.74 Å². The molecule has 3 nitrogen and oxygen atoms in total. The van der Waals surface area contributed by atoms with Gasteiger partial charge in [0, 0.05) is 5.56 Å². The molecule has 0 aliphatic heterocycles. The minimum Gasteiger partial charge on any atom is -0.465 e. The Balaban J connectivity index is 2.47. The summed E-state index contributed by atoms with van der Waals surface area (Å²) in [6.07, 6.45) is 0. The number of esters is 1. The highest BCUT2D eigenvalue weighted by molar-refractivity contribution is 5.98. The Hall–Kier alpha value is -2.42. The van der Waals surface area contributed by atoms with Gasteiger partial charge in [-0.15, -0.1) is 0 Å². The fourth-order valence-corrected chi connectivity index (χ4v) is 1.91. The van der Waals surface area contributed by atoms with Gasteiger partial charge in [-0.05, 0) is 24.1 Å². The summed E-state index contributed by atoms with van der Waals surface area (Å²) in [5.74, 6) is -0.348. The summed E-state index contributed by atoms with van der Waals surface area (Å²) in [5.41, 5.74) is 2.84. The van der Waals surface area contributed by atoms with Crippen LogP contribution in [0.25, 0.3) is 11.1 Å². The van der Waals surface area contributed by atoms with Crippen molar-refractivity contribution in [1.82, 2.24) is 0 Å². The molecule has 0 heterocycles. The molecule has 0 saturated carbocycles. The van der Waals surface area contributed by atoms with Crippen molar-refractivity contribution in [3.63, 3.8) is 0 Å². The molecule has 0 aliphatic carbocycles. The summed E-state index contributed by atoms with van der Waals surface area (Å²) in [6, 6.07) is 14.4. The molecule has 0 amide bonds. The Morgan fingerprint density at radius 3 is 2.16 bits per heavy atom. The number of hydrogen-bond donors (Lipinski definition) is 0. The average molecular weight is 254 g/mol. The zero-order chi connectivity index (χ0) is 13.8. The van der Waals surface area contributed by atoms with E-state index in [0.29, 0.717) is 11.1 Å². The number of carbonyl (C=O) groups excluding carboxylic acids is 2. The van der Waals surface area contributed by atoms with Gasteiger partial charge in [-0.25, -0.2) is 4.79 Å². The monoisotopic (exact) mass is 254 g/mol. The highest BCUT2D eigenvalue weighted by atomic mass is 16.5. The second kappa shape index (κ2) is 5.48. The number of methoxy groups -OCH3 is 1. The summed E-state index contributed by atoms with van der Waals surface area (Å²) >= 11 is 0. The SMILES string of the molecule is COC(=O)c1ccccc1-c1ccc(C(C)=O)cc1. The first-order valence-electron chi connectivity index (χ1n) is 5.92. The van der Waals surface area contributed by atoms with Crippen molar-refractivity contribution < 1.29 is 14.3 Å². The molecule has 0 saturated heterocycles. The largest absolute Gasteiger partial charge is 0.465 e. The van der Waals surface area contributed by atoms with E-state index in [1.807, 2.05) is 24.3 Å². The van der Waals surface area contributed by atoms with E-state index in [-0.39, 0.29) is 11.8 Å². The predicted molar refractivity (Wildman–Crippen MR) is 73.2 cm³/mol. The van der Waals surface area contributed by atoms with E-state index in [0.717, 1.165) is 11.1 Å². The first kappa shape index (κ1) is 13.0. The highest BCUT2D eigenvalue weighted by Crippen LogP contribution is 2.24. The third-order valence-corrected chi connectivity index (χ3v) is 2.93. The zero-order valence-electron chi connectivity index (χ0n) is 10.8. The molecule has 0 atom stereocenters. The lowest BCUT2D eigenvalue weighted by Crippen LogP contribution is -2.03. The van der Waals surface area contributed by atoms with Crippen LogP contribution >= 0.6 is 0 Å². The number of benzene rings is 2. The lowest BCUT2D eigenvalue weighted by Gasteiger charge is -2.08. The predicted octanol–water partition coefficient (Wildman–Crippen LogP) is 3.34. The number of ether oxygens (including phenoxy) is 1. The fourth-order valence-electron chi connectivity index (χ4n) is 1.91. The van der Waals surface area contributed by atoms with E-state index in [2.05, 4.69) is 0 Å².